The van der Waals surface area contributed by atoms with Gasteiger partial charge < -0.3 is 5.32 Å². The molecule has 0 aliphatic heterocycles. The second kappa shape index (κ2) is 6.68. The number of rotatable bonds is 4. The molecule has 3 rings (SSSR count). The quantitative estimate of drug-likeness (QED) is 0.775. The number of carbonyl (C=O) groups excluding carboxylic acids is 1. The second-order valence-corrected chi connectivity index (χ2v) is 6.14. The maximum atomic E-state index is 14.0. The highest BCUT2D eigenvalue weighted by atomic mass is 35.5. The van der Waals surface area contributed by atoms with E-state index in [0.717, 1.165) is 0 Å². The summed E-state index contributed by atoms with van der Waals surface area (Å²) < 4.78 is 17.2. The highest BCUT2D eigenvalue weighted by Gasteiger charge is 2.18. The lowest BCUT2D eigenvalue weighted by Crippen LogP contribution is -2.14. The lowest BCUT2D eigenvalue weighted by Gasteiger charge is -2.09. The van der Waals surface area contributed by atoms with Gasteiger partial charge in [0.05, 0.1) is 23.6 Å². The van der Waals surface area contributed by atoms with Crippen LogP contribution >= 0.6 is 11.6 Å². The molecule has 130 valence electrons. The van der Waals surface area contributed by atoms with Gasteiger partial charge >= 0.3 is 0 Å². The minimum Gasteiger partial charge on any atom is -0.317 e. The average Bonchev–Trinajstić information content (AvgIpc) is 3.10. The molecule has 2 heterocycles. The van der Waals surface area contributed by atoms with Gasteiger partial charge in [0, 0.05) is 23.8 Å². The predicted molar refractivity (Wildman–Crippen MR) is 93.4 cm³/mol. The predicted octanol–water partition coefficient (Wildman–Crippen LogP) is 3.33. The Morgan fingerprint density at radius 2 is 2.04 bits per heavy atom. The summed E-state index contributed by atoms with van der Waals surface area (Å²) in [5.74, 6) is -0.714. The summed E-state index contributed by atoms with van der Waals surface area (Å²) in [5.41, 5.74) is 2.60. The van der Waals surface area contributed by atoms with E-state index < -0.39 is 0 Å². The first-order chi connectivity index (χ1) is 11.9. The van der Waals surface area contributed by atoms with Crippen LogP contribution in [0.5, 0.6) is 0 Å². The SMILES string of the molecule is Cc1nn(Cc2c(F)cccc2Cl)c(C)c1NC(=O)c1ccn(C)n1. The first-order valence-electron chi connectivity index (χ1n) is 7.64. The molecule has 3 aromatic rings. The van der Waals surface area contributed by atoms with E-state index in [2.05, 4.69) is 15.5 Å². The molecule has 1 aromatic carbocycles. The summed E-state index contributed by atoms with van der Waals surface area (Å²) in [5, 5.41) is 11.6. The maximum absolute atomic E-state index is 14.0. The van der Waals surface area contributed by atoms with Crippen LogP contribution in [0.15, 0.2) is 30.5 Å². The molecule has 0 unspecified atom stereocenters. The largest absolute Gasteiger partial charge is 0.317 e. The third kappa shape index (κ3) is 3.41. The van der Waals surface area contributed by atoms with Crippen molar-refractivity contribution in [3.63, 3.8) is 0 Å². The van der Waals surface area contributed by atoms with Crippen molar-refractivity contribution in [1.29, 1.82) is 0 Å². The van der Waals surface area contributed by atoms with Gasteiger partial charge in [0.2, 0.25) is 0 Å². The number of halogens is 2. The Kier molecular flexibility index (Phi) is 4.59. The molecule has 0 radical (unpaired) electrons. The molecular weight excluding hydrogens is 345 g/mol. The average molecular weight is 362 g/mol. The Morgan fingerprint density at radius 3 is 2.68 bits per heavy atom. The summed E-state index contributed by atoms with van der Waals surface area (Å²) in [6.07, 6.45) is 1.69. The first-order valence-corrected chi connectivity index (χ1v) is 8.02. The third-order valence-electron chi connectivity index (χ3n) is 3.94. The van der Waals surface area contributed by atoms with Crippen molar-refractivity contribution >= 4 is 23.2 Å². The lowest BCUT2D eigenvalue weighted by atomic mass is 10.2. The van der Waals surface area contributed by atoms with E-state index in [1.165, 1.54) is 6.07 Å². The fraction of sp³-hybridized carbons (Fsp3) is 0.235. The van der Waals surface area contributed by atoms with E-state index in [0.29, 0.717) is 33.4 Å². The molecule has 0 aliphatic carbocycles. The number of anilines is 1. The first kappa shape index (κ1) is 17.2. The number of nitrogens with zero attached hydrogens (tertiary/aromatic N) is 4. The molecule has 0 atom stereocenters. The van der Waals surface area contributed by atoms with Gasteiger partial charge in [0.1, 0.15) is 5.82 Å². The van der Waals surface area contributed by atoms with Gasteiger partial charge in [-0.15, -0.1) is 0 Å². The van der Waals surface area contributed by atoms with Gasteiger partial charge in [-0.2, -0.15) is 10.2 Å². The maximum Gasteiger partial charge on any atom is 0.276 e. The minimum atomic E-state index is -0.390. The van der Waals surface area contributed by atoms with Crippen LogP contribution in [-0.4, -0.2) is 25.5 Å². The topological polar surface area (TPSA) is 64.7 Å². The molecule has 0 saturated heterocycles. The molecule has 8 heteroatoms. The molecular formula is C17H17ClFN5O. The Balaban J connectivity index is 1.87. The number of benzene rings is 1. The standard InChI is InChI=1S/C17H17ClFN5O/c1-10-16(20-17(25)15-7-8-23(3)22-15)11(2)24(21-10)9-12-13(18)5-4-6-14(12)19/h4-8H,9H2,1-3H3,(H,20,25). The Labute approximate surface area is 149 Å². The van der Waals surface area contributed by atoms with Crippen molar-refractivity contribution in [2.24, 2.45) is 7.05 Å². The highest BCUT2D eigenvalue weighted by molar-refractivity contribution is 6.31. The fourth-order valence-corrected chi connectivity index (χ4v) is 2.80. The number of aryl methyl sites for hydroxylation is 2. The van der Waals surface area contributed by atoms with Gasteiger partial charge in [-0.1, -0.05) is 17.7 Å². The zero-order valence-corrected chi connectivity index (χ0v) is 14.8. The van der Waals surface area contributed by atoms with Crippen LogP contribution in [0.1, 0.15) is 27.4 Å². The van der Waals surface area contributed by atoms with Gasteiger partial charge in [-0.3, -0.25) is 14.2 Å². The number of hydrogen-bond acceptors (Lipinski definition) is 3. The van der Waals surface area contributed by atoms with Gasteiger partial charge in [0.15, 0.2) is 5.69 Å². The molecule has 1 amide bonds. The second-order valence-electron chi connectivity index (χ2n) is 5.73. The van der Waals surface area contributed by atoms with Crippen LogP contribution < -0.4 is 5.32 Å². The van der Waals surface area contributed by atoms with Crippen molar-refractivity contribution in [2.75, 3.05) is 5.32 Å². The normalized spacial score (nSPS) is 10.9. The van der Waals surface area contributed by atoms with Crippen molar-refractivity contribution in [2.45, 2.75) is 20.4 Å². The van der Waals surface area contributed by atoms with Crippen LogP contribution in [0.25, 0.3) is 0 Å². The fourth-order valence-electron chi connectivity index (χ4n) is 2.58. The lowest BCUT2D eigenvalue weighted by molar-refractivity contribution is 0.102. The summed E-state index contributed by atoms with van der Waals surface area (Å²) in [6, 6.07) is 6.18. The Morgan fingerprint density at radius 1 is 1.28 bits per heavy atom. The van der Waals surface area contributed by atoms with Gasteiger partial charge in [0.25, 0.3) is 5.91 Å². The molecule has 0 saturated carbocycles. The van der Waals surface area contributed by atoms with E-state index in [4.69, 9.17) is 11.6 Å². The Hall–Kier alpha value is -2.67. The summed E-state index contributed by atoms with van der Waals surface area (Å²) in [7, 11) is 1.74. The van der Waals surface area contributed by atoms with Crippen LogP contribution in [0.3, 0.4) is 0 Å². The van der Waals surface area contributed by atoms with Crippen molar-refractivity contribution in [3.8, 4) is 0 Å². The van der Waals surface area contributed by atoms with E-state index in [1.807, 2.05) is 6.92 Å². The van der Waals surface area contributed by atoms with Gasteiger partial charge in [-0.25, -0.2) is 4.39 Å². The number of hydrogen-bond donors (Lipinski definition) is 1. The highest BCUT2D eigenvalue weighted by Crippen LogP contribution is 2.24. The van der Waals surface area contributed by atoms with Crippen LogP contribution in [0, 0.1) is 19.7 Å². The van der Waals surface area contributed by atoms with E-state index in [1.54, 1.807) is 47.7 Å². The van der Waals surface area contributed by atoms with Crippen LogP contribution in [0.2, 0.25) is 5.02 Å². The summed E-state index contributed by atoms with van der Waals surface area (Å²) >= 11 is 6.08. The van der Waals surface area contributed by atoms with E-state index in [9.17, 15) is 9.18 Å². The number of amides is 1. The number of carbonyl (C=O) groups is 1. The van der Waals surface area contributed by atoms with E-state index in [-0.39, 0.29) is 18.3 Å². The molecule has 1 N–H and O–H groups in total. The number of aromatic nitrogens is 4. The van der Waals surface area contributed by atoms with Crippen LogP contribution in [0.4, 0.5) is 10.1 Å². The monoisotopic (exact) mass is 361 g/mol. The summed E-state index contributed by atoms with van der Waals surface area (Å²) in [6.45, 7) is 3.76. The minimum absolute atomic E-state index is 0.178. The van der Waals surface area contributed by atoms with Gasteiger partial charge in [-0.05, 0) is 32.0 Å². The molecule has 2 aromatic heterocycles. The summed E-state index contributed by atoms with van der Waals surface area (Å²) in [4.78, 5) is 12.3. The smallest absolute Gasteiger partial charge is 0.276 e. The third-order valence-corrected chi connectivity index (χ3v) is 4.29. The zero-order valence-electron chi connectivity index (χ0n) is 14.0. The molecule has 0 spiro atoms. The van der Waals surface area contributed by atoms with Crippen LogP contribution in [-0.2, 0) is 13.6 Å². The molecule has 25 heavy (non-hydrogen) atoms. The van der Waals surface area contributed by atoms with Crippen molar-refractivity contribution in [3.05, 3.63) is 63.9 Å². The van der Waals surface area contributed by atoms with E-state index >= 15 is 0 Å². The Bertz CT molecular complexity index is 926. The molecule has 0 fully saturated rings. The number of nitrogens with one attached hydrogen (secondary N) is 1. The zero-order chi connectivity index (χ0) is 18.1. The molecule has 6 nitrogen and oxygen atoms in total. The van der Waals surface area contributed by atoms with Crippen molar-refractivity contribution < 1.29 is 9.18 Å². The molecule has 0 bridgehead atoms. The molecule has 0 aliphatic rings. The van der Waals surface area contributed by atoms with Crippen molar-refractivity contribution in [1.82, 2.24) is 19.6 Å².